The Labute approximate surface area is 211 Å². The van der Waals surface area contributed by atoms with Crippen molar-refractivity contribution in [3.63, 3.8) is 0 Å². The molecule has 1 fully saturated rings. The van der Waals surface area contributed by atoms with E-state index in [1.54, 1.807) is 0 Å². The summed E-state index contributed by atoms with van der Waals surface area (Å²) < 4.78 is 71.2. The molecule has 0 bridgehead atoms. The lowest BCUT2D eigenvalue weighted by atomic mass is 9.96. The number of halogens is 5. The number of alkyl halides is 4. The van der Waals surface area contributed by atoms with Crippen LogP contribution in [0.1, 0.15) is 50.3 Å². The molecule has 0 aliphatic heterocycles. The Bertz CT molecular complexity index is 1200. The molecule has 1 aliphatic rings. The van der Waals surface area contributed by atoms with Gasteiger partial charge in [-0.1, -0.05) is 36.4 Å². The highest BCUT2D eigenvalue weighted by Crippen LogP contribution is 2.37. The van der Waals surface area contributed by atoms with Gasteiger partial charge < -0.3 is 11.1 Å². The summed E-state index contributed by atoms with van der Waals surface area (Å²) in [5.74, 6) is -2.20. The lowest BCUT2D eigenvalue weighted by Gasteiger charge is -2.30. The van der Waals surface area contributed by atoms with Crippen molar-refractivity contribution in [2.45, 2.75) is 69.0 Å². The third kappa shape index (κ3) is 7.49. The van der Waals surface area contributed by atoms with Crippen LogP contribution in [0.15, 0.2) is 42.5 Å². The maximum atomic E-state index is 14.6. The number of carbonyl (C=O) groups excluding carboxylic acids is 2. The van der Waals surface area contributed by atoms with Gasteiger partial charge in [-0.3, -0.25) is 14.9 Å². The minimum absolute atomic E-state index is 0.110. The topological polar surface area (TPSA) is 108 Å². The standard InChI is InChI=1S/C26H27F5N4O2/c1-24(2,28)13-20(23(37)35-25(14-32)9-10-25)34-22(26(29,30)31)17-6-4-16(5-7-17)18-8-3-15(11-19(18)27)12-21(33)36/h3-8,11,20,22,34H,9-10,12-13H2,1-2H3,(H2,33,36)(H,35,37)/t20-,22-/m0/s1. The molecule has 11 heteroatoms. The second-order valence-electron chi connectivity index (χ2n) is 9.88. The molecule has 1 aliphatic carbocycles. The molecular formula is C26H27F5N4O2. The van der Waals surface area contributed by atoms with Gasteiger partial charge in [0.05, 0.1) is 18.5 Å². The highest BCUT2D eigenvalue weighted by atomic mass is 19.4. The monoisotopic (exact) mass is 522 g/mol. The van der Waals surface area contributed by atoms with E-state index in [4.69, 9.17) is 5.73 Å². The number of amides is 2. The Balaban J connectivity index is 1.87. The zero-order valence-corrected chi connectivity index (χ0v) is 20.3. The van der Waals surface area contributed by atoms with E-state index in [2.05, 4.69) is 10.6 Å². The third-order valence-corrected chi connectivity index (χ3v) is 5.99. The number of benzene rings is 2. The third-order valence-electron chi connectivity index (χ3n) is 5.99. The molecule has 2 aromatic rings. The summed E-state index contributed by atoms with van der Waals surface area (Å²) in [6, 6.07) is 6.92. The minimum Gasteiger partial charge on any atom is -0.369 e. The zero-order valence-electron chi connectivity index (χ0n) is 20.3. The van der Waals surface area contributed by atoms with E-state index in [0.29, 0.717) is 18.4 Å². The number of rotatable bonds is 10. The summed E-state index contributed by atoms with van der Waals surface area (Å²) in [7, 11) is 0. The van der Waals surface area contributed by atoms with Crippen LogP contribution in [-0.2, 0) is 16.0 Å². The van der Waals surface area contributed by atoms with Gasteiger partial charge in [-0.05, 0) is 49.4 Å². The van der Waals surface area contributed by atoms with Crippen molar-refractivity contribution in [1.29, 1.82) is 5.26 Å². The molecule has 0 saturated heterocycles. The van der Waals surface area contributed by atoms with E-state index in [1.165, 1.54) is 24.3 Å². The van der Waals surface area contributed by atoms with Gasteiger partial charge in [0, 0.05) is 12.0 Å². The normalized spacial score (nSPS) is 16.4. The SMILES string of the molecule is CC(C)(F)C[C@H](N[C@@H](c1ccc(-c2ccc(CC(N)=O)cc2F)cc1)C(F)(F)F)C(=O)NC1(C#N)CC1. The van der Waals surface area contributed by atoms with Crippen LogP contribution in [-0.4, -0.2) is 35.2 Å². The Morgan fingerprint density at radius 1 is 1.11 bits per heavy atom. The fourth-order valence-corrected chi connectivity index (χ4v) is 3.97. The molecule has 0 unspecified atom stereocenters. The molecule has 198 valence electrons. The van der Waals surface area contributed by atoms with Gasteiger partial charge in [-0.25, -0.2) is 8.78 Å². The Hall–Kier alpha value is -3.52. The fourth-order valence-electron chi connectivity index (χ4n) is 3.97. The quantitative estimate of drug-likeness (QED) is 0.402. The Morgan fingerprint density at radius 3 is 2.19 bits per heavy atom. The summed E-state index contributed by atoms with van der Waals surface area (Å²) in [4.78, 5) is 23.8. The van der Waals surface area contributed by atoms with Crippen molar-refractivity contribution < 1.29 is 31.5 Å². The number of nitrogens with one attached hydrogen (secondary N) is 2. The van der Waals surface area contributed by atoms with E-state index >= 15 is 0 Å². The number of nitrogens with zero attached hydrogens (tertiary/aromatic N) is 1. The van der Waals surface area contributed by atoms with Crippen LogP contribution < -0.4 is 16.4 Å². The van der Waals surface area contributed by atoms with Gasteiger partial charge in [-0.2, -0.15) is 18.4 Å². The molecule has 4 N–H and O–H groups in total. The average Bonchev–Trinajstić information content (AvgIpc) is 3.55. The van der Waals surface area contributed by atoms with Gasteiger partial charge in [0.2, 0.25) is 11.8 Å². The van der Waals surface area contributed by atoms with Crippen LogP contribution in [0.3, 0.4) is 0 Å². The first-order chi connectivity index (χ1) is 17.1. The van der Waals surface area contributed by atoms with Gasteiger partial charge in [0.25, 0.3) is 0 Å². The molecule has 2 aromatic carbocycles. The van der Waals surface area contributed by atoms with Gasteiger partial charge >= 0.3 is 6.18 Å². The van der Waals surface area contributed by atoms with Gasteiger partial charge in [0.1, 0.15) is 23.1 Å². The van der Waals surface area contributed by atoms with E-state index in [9.17, 15) is 36.8 Å². The molecule has 0 heterocycles. The second kappa shape index (κ2) is 10.5. The average molecular weight is 523 g/mol. The molecular weight excluding hydrogens is 495 g/mol. The first-order valence-corrected chi connectivity index (χ1v) is 11.5. The van der Waals surface area contributed by atoms with Crippen LogP contribution in [0.25, 0.3) is 11.1 Å². The maximum Gasteiger partial charge on any atom is 0.407 e. The van der Waals surface area contributed by atoms with Crippen molar-refractivity contribution in [2.75, 3.05) is 0 Å². The van der Waals surface area contributed by atoms with Crippen LogP contribution in [0.2, 0.25) is 0 Å². The van der Waals surface area contributed by atoms with Crippen molar-refractivity contribution in [2.24, 2.45) is 5.73 Å². The fraction of sp³-hybridized carbons (Fsp3) is 0.423. The van der Waals surface area contributed by atoms with E-state index in [0.717, 1.165) is 32.0 Å². The van der Waals surface area contributed by atoms with Crippen molar-refractivity contribution >= 4 is 11.8 Å². The van der Waals surface area contributed by atoms with Crippen molar-refractivity contribution in [3.05, 3.63) is 59.4 Å². The van der Waals surface area contributed by atoms with Gasteiger partial charge in [0.15, 0.2) is 0 Å². The zero-order chi connectivity index (χ0) is 27.6. The largest absolute Gasteiger partial charge is 0.407 e. The van der Waals surface area contributed by atoms with Gasteiger partial charge in [-0.15, -0.1) is 0 Å². The van der Waals surface area contributed by atoms with E-state index in [1.807, 2.05) is 6.07 Å². The van der Waals surface area contributed by atoms with E-state index in [-0.39, 0.29) is 23.1 Å². The summed E-state index contributed by atoms with van der Waals surface area (Å²) in [6.07, 6.45) is -4.84. The lowest BCUT2D eigenvalue weighted by molar-refractivity contribution is -0.161. The molecule has 0 spiro atoms. The highest BCUT2D eigenvalue weighted by Gasteiger charge is 2.48. The molecule has 0 aromatic heterocycles. The van der Waals surface area contributed by atoms with Crippen LogP contribution in [0.5, 0.6) is 0 Å². The van der Waals surface area contributed by atoms with E-state index < -0.39 is 53.5 Å². The number of carbonyl (C=O) groups is 2. The molecule has 2 atom stereocenters. The van der Waals surface area contributed by atoms with Crippen LogP contribution in [0, 0.1) is 17.1 Å². The summed E-state index contributed by atoms with van der Waals surface area (Å²) >= 11 is 0. The number of hydrogen-bond acceptors (Lipinski definition) is 4. The first-order valence-electron chi connectivity index (χ1n) is 11.5. The highest BCUT2D eigenvalue weighted by molar-refractivity contribution is 5.83. The number of nitriles is 1. The Morgan fingerprint density at radius 2 is 1.73 bits per heavy atom. The predicted octanol–water partition coefficient (Wildman–Crippen LogP) is 4.39. The maximum absolute atomic E-state index is 14.6. The lowest BCUT2D eigenvalue weighted by Crippen LogP contribution is -2.53. The smallest absolute Gasteiger partial charge is 0.369 e. The Kier molecular flexibility index (Phi) is 7.93. The molecule has 1 saturated carbocycles. The van der Waals surface area contributed by atoms with Crippen molar-refractivity contribution in [3.8, 4) is 17.2 Å². The predicted molar refractivity (Wildman–Crippen MR) is 126 cm³/mol. The van der Waals surface area contributed by atoms with Crippen molar-refractivity contribution in [1.82, 2.24) is 10.6 Å². The summed E-state index contributed by atoms with van der Waals surface area (Å²) in [5.41, 5.74) is 2.49. The molecule has 37 heavy (non-hydrogen) atoms. The number of nitrogens with two attached hydrogens (primary N) is 1. The second-order valence-corrected chi connectivity index (χ2v) is 9.88. The molecule has 3 rings (SSSR count). The van der Waals surface area contributed by atoms with Crippen LogP contribution in [0.4, 0.5) is 22.0 Å². The minimum atomic E-state index is -4.85. The molecule has 6 nitrogen and oxygen atoms in total. The number of primary amides is 1. The summed E-state index contributed by atoms with van der Waals surface area (Å²) in [6.45, 7) is 2.29. The van der Waals surface area contributed by atoms with Crippen LogP contribution >= 0.6 is 0 Å². The number of hydrogen-bond donors (Lipinski definition) is 3. The first kappa shape index (κ1) is 28.1. The molecule has 2 amide bonds. The summed E-state index contributed by atoms with van der Waals surface area (Å²) in [5, 5.41) is 13.9. The molecule has 0 radical (unpaired) electrons.